The summed E-state index contributed by atoms with van der Waals surface area (Å²) >= 11 is 0. The molecule has 0 aromatic carbocycles. The number of hydrogen-bond donors (Lipinski definition) is 0. The van der Waals surface area contributed by atoms with Crippen LogP contribution in [-0.2, 0) is 9.47 Å². The van der Waals surface area contributed by atoms with Crippen LogP contribution >= 0.6 is 0 Å². The van der Waals surface area contributed by atoms with Crippen LogP contribution in [0.3, 0.4) is 0 Å². The molecule has 0 amide bonds. The lowest BCUT2D eigenvalue weighted by atomic mass is 10.0. The molecule has 1 saturated carbocycles. The van der Waals surface area contributed by atoms with Gasteiger partial charge in [-0.1, -0.05) is 0 Å². The van der Waals surface area contributed by atoms with E-state index in [9.17, 15) is 0 Å². The average Bonchev–Trinajstić information content (AvgIpc) is 2.70. The van der Waals surface area contributed by atoms with Crippen molar-refractivity contribution in [1.82, 2.24) is 0 Å². The van der Waals surface area contributed by atoms with E-state index in [2.05, 4.69) is 0 Å². The van der Waals surface area contributed by atoms with Crippen LogP contribution in [0.15, 0.2) is 0 Å². The number of ether oxygens (including phenoxy) is 2. The van der Waals surface area contributed by atoms with Gasteiger partial charge in [-0.15, -0.1) is 0 Å². The van der Waals surface area contributed by atoms with Crippen LogP contribution in [0.1, 0.15) is 25.7 Å². The topological polar surface area (TPSA) is 25.1 Å². The minimum Gasteiger partial charge on any atom is -0.370 e. The molecule has 2 heterocycles. The van der Waals surface area contributed by atoms with E-state index < -0.39 is 0 Å². The van der Waals surface area contributed by atoms with Crippen molar-refractivity contribution in [2.75, 3.05) is 0 Å². The molecule has 0 radical (unpaired) electrons. The van der Waals surface area contributed by atoms with Crippen LogP contribution in [0.4, 0.5) is 0 Å². The van der Waals surface area contributed by atoms with Gasteiger partial charge in [-0.3, -0.25) is 0 Å². The van der Waals surface area contributed by atoms with E-state index >= 15 is 0 Å². The van der Waals surface area contributed by atoms with Crippen molar-refractivity contribution in [2.45, 2.75) is 50.1 Å². The highest BCUT2D eigenvalue weighted by atomic mass is 16.6. The van der Waals surface area contributed by atoms with Gasteiger partial charge in [0.2, 0.25) is 0 Å². The molecule has 56 valence electrons. The monoisotopic (exact) mass is 140 g/mol. The second-order valence-corrected chi connectivity index (χ2v) is 3.58. The molecule has 2 saturated heterocycles. The Labute approximate surface area is 60.5 Å². The Kier molecular flexibility index (Phi) is 0.968. The van der Waals surface area contributed by atoms with Gasteiger partial charge in [0.1, 0.15) is 0 Å². The molecule has 0 aromatic heterocycles. The van der Waals surface area contributed by atoms with Crippen molar-refractivity contribution in [3.63, 3.8) is 0 Å². The largest absolute Gasteiger partial charge is 0.370 e. The number of hydrogen-bond acceptors (Lipinski definition) is 2. The Hall–Kier alpha value is -0.0800. The van der Waals surface area contributed by atoms with Crippen LogP contribution in [0.25, 0.3) is 0 Å². The molecule has 3 rings (SSSR count). The predicted octanol–water partition coefficient (Wildman–Crippen LogP) is 1.10. The van der Waals surface area contributed by atoms with Gasteiger partial charge in [-0.2, -0.15) is 0 Å². The fraction of sp³-hybridized carbons (Fsp3) is 1.00. The van der Waals surface area contributed by atoms with Crippen LogP contribution in [0.5, 0.6) is 0 Å². The summed E-state index contributed by atoms with van der Waals surface area (Å²) in [4.78, 5) is 0. The van der Waals surface area contributed by atoms with Crippen molar-refractivity contribution in [1.29, 1.82) is 0 Å². The summed E-state index contributed by atoms with van der Waals surface area (Å²) in [5.74, 6) is 0. The molecule has 0 spiro atoms. The van der Waals surface area contributed by atoms with Crippen molar-refractivity contribution in [2.24, 2.45) is 0 Å². The summed E-state index contributed by atoms with van der Waals surface area (Å²) in [6, 6.07) is 0. The molecule has 3 fully saturated rings. The molecule has 3 aliphatic rings. The van der Waals surface area contributed by atoms with Gasteiger partial charge < -0.3 is 9.47 Å². The third-order valence-corrected chi connectivity index (χ3v) is 2.85. The summed E-state index contributed by atoms with van der Waals surface area (Å²) in [5.41, 5.74) is 0. The molecule has 0 bridgehead atoms. The first-order chi connectivity index (χ1) is 4.93. The first kappa shape index (κ1) is 5.56. The maximum absolute atomic E-state index is 5.45. The van der Waals surface area contributed by atoms with Gasteiger partial charge in [0.25, 0.3) is 0 Å². The summed E-state index contributed by atoms with van der Waals surface area (Å²) in [7, 11) is 0. The Morgan fingerprint density at radius 2 is 0.900 bits per heavy atom. The maximum atomic E-state index is 5.45. The van der Waals surface area contributed by atoms with Gasteiger partial charge in [0.15, 0.2) is 0 Å². The summed E-state index contributed by atoms with van der Waals surface area (Å²) in [5, 5.41) is 0. The Morgan fingerprint density at radius 1 is 0.600 bits per heavy atom. The first-order valence-corrected chi connectivity index (χ1v) is 4.24. The summed E-state index contributed by atoms with van der Waals surface area (Å²) < 4.78 is 10.9. The minimum absolute atomic E-state index is 0.616. The molecular formula is C8H12O2. The first-order valence-electron chi connectivity index (χ1n) is 4.24. The highest BCUT2D eigenvalue weighted by Crippen LogP contribution is 2.41. The van der Waals surface area contributed by atoms with E-state index in [0.717, 1.165) is 0 Å². The fourth-order valence-corrected chi connectivity index (χ4v) is 2.03. The van der Waals surface area contributed by atoms with Crippen LogP contribution < -0.4 is 0 Å². The van der Waals surface area contributed by atoms with Crippen LogP contribution in [0.2, 0.25) is 0 Å². The third kappa shape index (κ3) is 0.789. The minimum atomic E-state index is 0.616. The average molecular weight is 140 g/mol. The SMILES string of the molecule is C1C[C@@H]2O[C@@H]2CC[C@@H]2O[C@@H]12. The lowest BCUT2D eigenvalue weighted by Gasteiger charge is -1.97. The van der Waals surface area contributed by atoms with Gasteiger partial charge in [-0.25, -0.2) is 0 Å². The molecule has 0 unspecified atom stereocenters. The highest BCUT2D eigenvalue weighted by Gasteiger charge is 2.47. The highest BCUT2D eigenvalue weighted by molar-refractivity contribution is 4.95. The zero-order chi connectivity index (χ0) is 6.55. The molecule has 2 heteroatoms. The van der Waals surface area contributed by atoms with E-state index in [1.807, 2.05) is 0 Å². The Morgan fingerprint density at radius 3 is 1.20 bits per heavy atom. The van der Waals surface area contributed by atoms with Gasteiger partial charge in [0, 0.05) is 0 Å². The van der Waals surface area contributed by atoms with E-state index in [1.54, 1.807) is 0 Å². The maximum Gasteiger partial charge on any atom is 0.0842 e. The molecule has 4 atom stereocenters. The second-order valence-electron chi connectivity index (χ2n) is 3.58. The molecule has 0 aromatic rings. The molecular weight excluding hydrogens is 128 g/mol. The van der Waals surface area contributed by atoms with E-state index in [1.165, 1.54) is 25.7 Å². The van der Waals surface area contributed by atoms with E-state index in [-0.39, 0.29) is 0 Å². The molecule has 1 aliphatic carbocycles. The van der Waals surface area contributed by atoms with Gasteiger partial charge in [0.05, 0.1) is 24.4 Å². The predicted molar refractivity (Wildman–Crippen MR) is 35.8 cm³/mol. The van der Waals surface area contributed by atoms with E-state index in [0.29, 0.717) is 24.4 Å². The van der Waals surface area contributed by atoms with E-state index in [4.69, 9.17) is 9.47 Å². The standard InChI is InChI=1S/C8H12O2/c1-2-6-8(10-6)4-3-7-5(1)9-7/h5-8H,1-4H2/t5-,6-,7-,8+/m0/s1. The normalized spacial score (nSPS) is 57.6. The summed E-state index contributed by atoms with van der Waals surface area (Å²) in [6.07, 6.45) is 7.43. The lowest BCUT2D eigenvalue weighted by Crippen LogP contribution is -2.04. The Bertz CT molecular complexity index is 123. The van der Waals surface area contributed by atoms with Crippen LogP contribution in [0, 0.1) is 0 Å². The van der Waals surface area contributed by atoms with Crippen molar-refractivity contribution in [3.05, 3.63) is 0 Å². The Balaban J connectivity index is 1.67. The second kappa shape index (κ2) is 1.74. The smallest absolute Gasteiger partial charge is 0.0842 e. The zero-order valence-corrected chi connectivity index (χ0v) is 5.95. The number of epoxide rings is 2. The number of rotatable bonds is 0. The van der Waals surface area contributed by atoms with Crippen molar-refractivity contribution >= 4 is 0 Å². The van der Waals surface area contributed by atoms with Gasteiger partial charge in [-0.05, 0) is 25.7 Å². The molecule has 10 heavy (non-hydrogen) atoms. The van der Waals surface area contributed by atoms with Gasteiger partial charge >= 0.3 is 0 Å². The fourth-order valence-electron chi connectivity index (χ4n) is 2.03. The third-order valence-electron chi connectivity index (χ3n) is 2.85. The molecule has 2 aliphatic heterocycles. The van der Waals surface area contributed by atoms with Crippen molar-refractivity contribution in [3.8, 4) is 0 Å². The summed E-state index contributed by atoms with van der Waals surface area (Å²) in [6.45, 7) is 0. The van der Waals surface area contributed by atoms with Crippen LogP contribution in [-0.4, -0.2) is 24.4 Å². The quantitative estimate of drug-likeness (QED) is 0.471. The van der Waals surface area contributed by atoms with Crippen molar-refractivity contribution < 1.29 is 9.47 Å². The number of fused-ring (bicyclic) bond motifs is 2. The lowest BCUT2D eigenvalue weighted by molar-refractivity contribution is 0.311. The molecule has 0 N–H and O–H groups in total. The zero-order valence-electron chi connectivity index (χ0n) is 5.95. The molecule has 2 nitrogen and oxygen atoms in total.